The second kappa shape index (κ2) is 7.70. The van der Waals surface area contributed by atoms with Gasteiger partial charge >= 0.3 is 11.9 Å². The van der Waals surface area contributed by atoms with Gasteiger partial charge in [0.2, 0.25) is 15.9 Å². The van der Waals surface area contributed by atoms with Gasteiger partial charge in [0.05, 0.1) is 4.90 Å². The van der Waals surface area contributed by atoms with Gasteiger partial charge in [0.25, 0.3) is 0 Å². The molecule has 1 rings (SSSR count). The normalized spacial score (nSPS) is 12.4. The summed E-state index contributed by atoms with van der Waals surface area (Å²) in [4.78, 5) is 32.2. The molecule has 1 aromatic rings. The molecule has 0 aromatic heterocycles. The first-order valence-corrected chi connectivity index (χ1v) is 7.94. The number of hydrogen-bond acceptors (Lipinski definition) is 5. The molecular formula is C13H16N2O7S. The van der Waals surface area contributed by atoms with E-state index in [9.17, 15) is 22.8 Å². The largest absolute Gasteiger partial charge is 0.481 e. The minimum atomic E-state index is -4.13. The molecule has 1 aromatic carbocycles. The highest BCUT2D eigenvalue weighted by Gasteiger charge is 2.25. The van der Waals surface area contributed by atoms with Crippen molar-refractivity contribution in [1.29, 1.82) is 0 Å². The molecule has 0 saturated heterocycles. The molecule has 0 unspecified atom stereocenters. The zero-order chi connectivity index (χ0) is 17.6. The van der Waals surface area contributed by atoms with Crippen LogP contribution in [0.2, 0.25) is 0 Å². The van der Waals surface area contributed by atoms with Crippen LogP contribution in [0.15, 0.2) is 29.2 Å². The third-order valence-electron chi connectivity index (χ3n) is 2.73. The Morgan fingerprint density at radius 2 is 1.70 bits per heavy atom. The Morgan fingerprint density at radius 1 is 1.13 bits per heavy atom. The summed E-state index contributed by atoms with van der Waals surface area (Å²) in [5, 5.41) is 20.0. The van der Waals surface area contributed by atoms with E-state index < -0.39 is 34.4 Å². The van der Waals surface area contributed by atoms with Gasteiger partial charge in [0.1, 0.15) is 6.04 Å². The summed E-state index contributed by atoms with van der Waals surface area (Å²) in [6.45, 7) is 1.30. The molecule has 0 saturated carbocycles. The summed E-state index contributed by atoms with van der Waals surface area (Å²) in [5.74, 6) is -3.02. The fourth-order valence-corrected chi connectivity index (χ4v) is 2.90. The number of carbonyl (C=O) groups is 3. The van der Waals surface area contributed by atoms with Crippen molar-refractivity contribution in [2.75, 3.05) is 5.32 Å². The predicted molar refractivity (Wildman–Crippen MR) is 79.4 cm³/mol. The van der Waals surface area contributed by atoms with Crippen molar-refractivity contribution in [3.63, 3.8) is 0 Å². The second-order valence-corrected chi connectivity index (χ2v) is 6.36. The van der Waals surface area contributed by atoms with Crippen LogP contribution < -0.4 is 10.0 Å². The molecule has 126 valence electrons. The van der Waals surface area contributed by atoms with E-state index in [-0.39, 0.29) is 17.2 Å². The Labute approximate surface area is 132 Å². The molecule has 0 aliphatic heterocycles. The molecule has 0 bridgehead atoms. The molecule has 1 atom stereocenters. The first-order valence-electron chi connectivity index (χ1n) is 6.46. The first-order chi connectivity index (χ1) is 10.6. The van der Waals surface area contributed by atoms with E-state index in [1.807, 2.05) is 4.72 Å². The van der Waals surface area contributed by atoms with Gasteiger partial charge in [-0.05, 0) is 30.7 Å². The monoisotopic (exact) mass is 344 g/mol. The number of anilines is 1. The number of carboxylic acid groups (broad SMARTS) is 2. The Morgan fingerprint density at radius 3 is 2.13 bits per heavy atom. The van der Waals surface area contributed by atoms with Crippen molar-refractivity contribution in [2.24, 2.45) is 0 Å². The highest BCUT2D eigenvalue weighted by Crippen LogP contribution is 2.15. The topological polar surface area (TPSA) is 150 Å². The Hall–Kier alpha value is -2.46. The number of benzene rings is 1. The van der Waals surface area contributed by atoms with Gasteiger partial charge in [0.15, 0.2) is 0 Å². The quantitative estimate of drug-likeness (QED) is 0.527. The molecule has 0 radical (unpaired) electrons. The highest BCUT2D eigenvalue weighted by molar-refractivity contribution is 7.89. The van der Waals surface area contributed by atoms with Crippen LogP contribution >= 0.6 is 0 Å². The molecule has 1 amide bonds. The number of carboxylic acids is 2. The van der Waals surface area contributed by atoms with E-state index in [4.69, 9.17) is 10.2 Å². The highest BCUT2D eigenvalue weighted by atomic mass is 32.2. The lowest BCUT2D eigenvalue weighted by atomic mass is 10.2. The zero-order valence-corrected chi connectivity index (χ0v) is 13.0. The average molecular weight is 344 g/mol. The minimum absolute atomic E-state index is 0.201. The van der Waals surface area contributed by atoms with Gasteiger partial charge < -0.3 is 15.5 Å². The van der Waals surface area contributed by atoms with Crippen LogP contribution in [-0.4, -0.2) is 42.5 Å². The molecule has 10 heteroatoms. The van der Waals surface area contributed by atoms with Crippen molar-refractivity contribution in [2.45, 2.75) is 30.7 Å². The summed E-state index contributed by atoms with van der Waals surface area (Å²) in [6.07, 6.45) is -0.866. The van der Waals surface area contributed by atoms with E-state index in [0.29, 0.717) is 5.69 Å². The molecule has 4 N–H and O–H groups in total. The summed E-state index contributed by atoms with van der Waals surface area (Å²) in [6, 6.07) is 3.55. The average Bonchev–Trinajstić information content (AvgIpc) is 2.42. The number of carbonyl (C=O) groups excluding carboxylic acids is 1. The van der Waals surface area contributed by atoms with Crippen molar-refractivity contribution < 1.29 is 33.0 Å². The van der Waals surface area contributed by atoms with Crippen LogP contribution in [0.5, 0.6) is 0 Å². The van der Waals surface area contributed by atoms with E-state index in [2.05, 4.69) is 5.32 Å². The number of hydrogen-bond donors (Lipinski definition) is 4. The van der Waals surface area contributed by atoms with Crippen LogP contribution in [0.25, 0.3) is 0 Å². The molecule has 0 spiro atoms. The van der Waals surface area contributed by atoms with Gasteiger partial charge in [-0.2, -0.15) is 4.72 Å². The molecule has 0 aliphatic carbocycles. The van der Waals surface area contributed by atoms with Crippen molar-refractivity contribution in [3.05, 3.63) is 24.3 Å². The van der Waals surface area contributed by atoms with E-state index in [1.165, 1.54) is 31.2 Å². The molecule has 0 heterocycles. The van der Waals surface area contributed by atoms with Crippen molar-refractivity contribution >= 4 is 33.6 Å². The minimum Gasteiger partial charge on any atom is -0.481 e. The number of sulfonamides is 1. The SMILES string of the molecule is CC(=O)Nc1ccc(S(=O)(=O)N[C@@H](CCC(=O)O)C(=O)O)cc1. The first kappa shape index (κ1) is 18.6. The second-order valence-electron chi connectivity index (χ2n) is 4.65. The summed E-state index contributed by atoms with van der Waals surface area (Å²) >= 11 is 0. The van der Waals surface area contributed by atoms with Gasteiger partial charge in [-0.1, -0.05) is 0 Å². The summed E-state index contributed by atoms with van der Waals surface area (Å²) in [7, 11) is -4.13. The fraction of sp³-hybridized carbons (Fsp3) is 0.308. The van der Waals surface area contributed by atoms with Crippen LogP contribution in [-0.2, 0) is 24.4 Å². The maximum absolute atomic E-state index is 12.1. The fourth-order valence-electron chi connectivity index (χ4n) is 1.68. The summed E-state index contributed by atoms with van der Waals surface area (Å²) < 4.78 is 26.2. The third kappa shape index (κ3) is 6.04. The van der Waals surface area contributed by atoms with Crippen LogP contribution in [0.3, 0.4) is 0 Å². The van der Waals surface area contributed by atoms with E-state index >= 15 is 0 Å². The van der Waals surface area contributed by atoms with Gasteiger partial charge in [-0.3, -0.25) is 14.4 Å². The van der Waals surface area contributed by atoms with Gasteiger partial charge in [-0.15, -0.1) is 0 Å². The van der Waals surface area contributed by atoms with Crippen LogP contribution in [0.1, 0.15) is 19.8 Å². The Bertz CT molecular complexity index is 698. The number of nitrogens with one attached hydrogen (secondary N) is 2. The van der Waals surface area contributed by atoms with Crippen LogP contribution in [0, 0.1) is 0 Å². The number of rotatable bonds is 8. The lowest BCUT2D eigenvalue weighted by Gasteiger charge is -2.14. The molecule has 0 aliphatic rings. The van der Waals surface area contributed by atoms with Crippen molar-refractivity contribution in [3.8, 4) is 0 Å². The number of aliphatic carboxylic acids is 2. The van der Waals surface area contributed by atoms with Crippen LogP contribution in [0.4, 0.5) is 5.69 Å². The predicted octanol–water partition coefficient (Wildman–Crippen LogP) is 0.241. The smallest absolute Gasteiger partial charge is 0.321 e. The van der Waals surface area contributed by atoms with E-state index in [1.54, 1.807) is 0 Å². The van der Waals surface area contributed by atoms with Gasteiger partial charge in [0, 0.05) is 19.0 Å². The molecule has 0 fully saturated rings. The maximum atomic E-state index is 12.1. The zero-order valence-electron chi connectivity index (χ0n) is 12.1. The standard InChI is InChI=1S/C13H16N2O7S/c1-8(16)14-9-2-4-10(5-3-9)23(21,22)15-11(13(19)20)6-7-12(17)18/h2-5,11,15H,6-7H2,1H3,(H,14,16)(H,17,18)(H,19,20)/t11-/m0/s1. The lowest BCUT2D eigenvalue weighted by Crippen LogP contribution is -2.41. The van der Waals surface area contributed by atoms with E-state index in [0.717, 1.165) is 0 Å². The molecule has 9 nitrogen and oxygen atoms in total. The third-order valence-corrected chi connectivity index (χ3v) is 4.21. The molecular weight excluding hydrogens is 328 g/mol. The molecule has 23 heavy (non-hydrogen) atoms. The number of amides is 1. The van der Waals surface area contributed by atoms with Gasteiger partial charge in [-0.25, -0.2) is 8.42 Å². The Kier molecular flexibility index (Phi) is 6.22. The lowest BCUT2D eigenvalue weighted by molar-refractivity contribution is -0.140. The summed E-state index contributed by atoms with van der Waals surface area (Å²) in [5.41, 5.74) is 0.386. The maximum Gasteiger partial charge on any atom is 0.321 e. The Balaban J connectivity index is 2.89. The van der Waals surface area contributed by atoms with Crippen molar-refractivity contribution in [1.82, 2.24) is 4.72 Å².